The van der Waals surface area contributed by atoms with Crippen LogP contribution in [0.1, 0.15) is 41.0 Å². The molecular weight excluding hydrogens is 260 g/mol. The maximum Gasteiger partial charge on any atom is 0.410 e. The highest BCUT2D eigenvalue weighted by atomic mass is 16.6. The minimum Gasteiger partial charge on any atom is -0.469 e. The molecule has 0 radical (unpaired) electrons. The summed E-state index contributed by atoms with van der Waals surface area (Å²) in [6, 6.07) is -0.207. The van der Waals surface area contributed by atoms with Crippen molar-refractivity contribution >= 4 is 12.1 Å². The average Bonchev–Trinajstić information content (AvgIpc) is 2.39. The van der Waals surface area contributed by atoms with E-state index < -0.39 is 5.60 Å². The third-order valence-electron chi connectivity index (χ3n) is 2.61. The zero-order chi connectivity index (χ0) is 15.8. The molecule has 1 saturated heterocycles. The molecular formula is C14H28N2O4. The number of carbonyl (C=O) groups is 2. The summed E-state index contributed by atoms with van der Waals surface area (Å²) in [6.07, 6.45) is -0.194. The van der Waals surface area contributed by atoms with E-state index in [9.17, 15) is 9.59 Å². The molecule has 1 atom stereocenters. The standard InChI is InChI=1S/C12H22N2O4.C2H6/c1-12(2,3)18-11(16)14-6-5-13-8-9(14)7-10(15)17-4;1-2/h9,13H,5-8H2,1-4H3;1-2H3. The fourth-order valence-electron chi connectivity index (χ4n) is 1.78. The Morgan fingerprint density at radius 1 is 1.30 bits per heavy atom. The molecule has 1 rings (SSSR count). The molecule has 20 heavy (non-hydrogen) atoms. The van der Waals surface area contributed by atoms with Crippen LogP contribution in [-0.2, 0) is 14.3 Å². The number of carbonyl (C=O) groups excluding carboxylic acids is 2. The van der Waals surface area contributed by atoms with Crippen LogP contribution in [0.15, 0.2) is 0 Å². The van der Waals surface area contributed by atoms with Crippen molar-refractivity contribution in [1.29, 1.82) is 0 Å². The number of nitrogens with one attached hydrogen (secondary N) is 1. The second-order valence-corrected chi connectivity index (χ2v) is 5.31. The van der Waals surface area contributed by atoms with Crippen LogP contribution in [0.2, 0.25) is 0 Å². The predicted octanol–water partition coefficient (Wildman–Crippen LogP) is 1.78. The number of rotatable bonds is 2. The molecule has 6 nitrogen and oxygen atoms in total. The van der Waals surface area contributed by atoms with Crippen molar-refractivity contribution < 1.29 is 19.1 Å². The number of nitrogens with zero attached hydrogens (tertiary/aromatic N) is 1. The van der Waals surface area contributed by atoms with E-state index in [1.165, 1.54) is 7.11 Å². The predicted molar refractivity (Wildman–Crippen MR) is 77.6 cm³/mol. The van der Waals surface area contributed by atoms with Gasteiger partial charge >= 0.3 is 12.1 Å². The average molecular weight is 288 g/mol. The Morgan fingerprint density at radius 2 is 1.90 bits per heavy atom. The maximum absolute atomic E-state index is 12.0. The summed E-state index contributed by atoms with van der Waals surface area (Å²) in [6.45, 7) is 11.3. The van der Waals surface area contributed by atoms with E-state index >= 15 is 0 Å². The van der Waals surface area contributed by atoms with Crippen LogP contribution >= 0.6 is 0 Å². The minimum atomic E-state index is -0.530. The topological polar surface area (TPSA) is 67.9 Å². The normalized spacial score (nSPS) is 18.7. The van der Waals surface area contributed by atoms with Crippen LogP contribution in [0.4, 0.5) is 4.79 Å². The first kappa shape index (κ1) is 18.7. The lowest BCUT2D eigenvalue weighted by atomic mass is 10.1. The number of hydrogen-bond donors (Lipinski definition) is 1. The summed E-state index contributed by atoms with van der Waals surface area (Å²) in [5.41, 5.74) is -0.530. The molecule has 0 aromatic rings. The second kappa shape index (κ2) is 8.79. The first-order valence-corrected chi connectivity index (χ1v) is 7.10. The number of piperazine rings is 1. The van der Waals surface area contributed by atoms with Gasteiger partial charge in [-0.3, -0.25) is 4.79 Å². The molecule has 0 aromatic carbocycles. The summed E-state index contributed by atoms with van der Waals surface area (Å²) in [4.78, 5) is 24.9. The Morgan fingerprint density at radius 3 is 2.40 bits per heavy atom. The van der Waals surface area contributed by atoms with Crippen molar-refractivity contribution in [3.63, 3.8) is 0 Å². The fourth-order valence-corrected chi connectivity index (χ4v) is 1.78. The van der Waals surface area contributed by atoms with Crippen molar-refractivity contribution in [3.8, 4) is 0 Å². The van der Waals surface area contributed by atoms with E-state index in [-0.39, 0.29) is 24.5 Å². The van der Waals surface area contributed by atoms with Crippen LogP contribution in [0.5, 0.6) is 0 Å². The van der Waals surface area contributed by atoms with Gasteiger partial charge < -0.3 is 19.7 Å². The Hall–Kier alpha value is -1.30. The van der Waals surface area contributed by atoms with Gasteiger partial charge in [-0.05, 0) is 20.8 Å². The molecule has 0 spiro atoms. The lowest BCUT2D eigenvalue weighted by Crippen LogP contribution is -2.55. The lowest BCUT2D eigenvalue weighted by Gasteiger charge is -2.36. The number of esters is 1. The zero-order valence-electron chi connectivity index (χ0n) is 13.5. The summed E-state index contributed by atoms with van der Waals surface area (Å²) in [7, 11) is 1.34. The molecule has 1 fully saturated rings. The monoisotopic (exact) mass is 288 g/mol. The first-order valence-electron chi connectivity index (χ1n) is 7.10. The van der Waals surface area contributed by atoms with E-state index in [4.69, 9.17) is 4.74 Å². The molecule has 1 heterocycles. The molecule has 0 aliphatic carbocycles. The third-order valence-corrected chi connectivity index (χ3v) is 2.61. The van der Waals surface area contributed by atoms with Gasteiger partial charge in [-0.1, -0.05) is 13.8 Å². The van der Waals surface area contributed by atoms with Crippen molar-refractivity contribution in [1.82, 2.24) is 10.2 Å². The van der Waals surface area contributed by atoms with Crippen LogP contribution in [0, 0.1) is 0 Å². The van der Waals surface area contributed by atoms with Crippen LogP contribution in [0.3, 0.4) is 0 Å². The molecule has 1 N–H and O–H groups in total. The maximum atomic E-state index is 12.0. The summed E-state index contributed by atoms with van der Waals surface area (Å²) in [5.74, 6) is -0.322. The Bertz CT molecular complexity index is 313. The molecule has 6 heteroatoms. The lowest BCUT2D eigenvalue weighted by molar-refractivity contribution is -0.142. The van der Waals surface area contributed by atoms with Gasteiger partial charge in [-0.15, -0.1) is 0 Å². The summed E-state index contributed by atoms with van der Waals surface area (Å²) >= 11 is 0. The van der Waals surface area contributed by atoms with Crippen molar-refractivity contribution in [3.05, 3.63) is 0 Å². The molecule has 118 valence electrons. The molecule has 0 bridgehead atoms. The van der Waals surface area contributed by atoms with E-state index in [1.807, 2.05) is 34.6 Å². The van der Waals surface area contributed by atoms with Gasteiger partial charge in [0.05, 0.1) is 19.6 Å². The number of methoxy groups -OCH3 is 1. The zero-order valence-corrected chi connectivity index (χ0v) is 13.5. The van der Waals surface area contributed by atoms with Gasteiger partial charge in [0.25, 0.3) is 0 Å². The smallest absolute Gasteiger partial charge is 0.410 e. The van der Waals surface area contributed by atoms with Crippen molar-refractivity contribution in [2.45, 2.75) is 52.7 Å². The Labute approximate surface area is 121 Å². The van der Waals surface area contributed by atoms with Crippen LogP contribution in [-0.4, -0.2) is 55.3 Å². The Balaban J connectivity index is 0.00000172. The van der Waals surface area contributed by atoms with E-state index in [1.54, 1.807) is 4.90 Å². The van der Waals surface area contributed by atoms with E-state index in [0.717, 1.165) is 0 Å². The quantitative estimate of drug-likeness (QED) is 0.785. The number of ether oxygens (including phenoxy) is 2. The highest BCUT2D eigenvalue weighted by molar-refractivity contribution is 5.73. The molecule has 1 aliphatic rings. The Kier molecular flexibility index (Phi) is 8.22. The van der Waals surface area contributed by atoms with Gasteiger partial charge in [-0.2, -0.15) is 0 Å². The minimum absolute atomic E-state index is 0.183. The van der Waals surface area contributed by atoms with Crippen molar-refractivity contribution in [2.24, 2.45) is 0 Å². The van der Waals surface area contributed by atoms with Gasteiger partial charge in [0.2, 0.25) is 0 Å². The molecule has 1 unspecified atom stereocenters. The second-order valence-electron chi connectivity index (χ2n) is 5.31. The largest absolute Gasteiger partial charge is 0.469 e. The van der Waals surface area contributed by atoms with E-state index in [0.29, 0.717) is 19.6 Å². The van der Waals surface area contributed by atoms with Gasteiger partial charge in [0.1, 0.15) is 5.60 Å². The number of amides is 1. The SMILES string of the molecule is CC.COC(=O)CC1CNCCN1C(=O)OC(C)(C)C. The highest BCUT2D eigenvalue weighted by Crippen LogP contribution is 2.15. The third kappa shape index (κ3) is 6.75. The molecule has 0 aromatic heterocycles. The summed E-state index contributed by atoms with van der Waals surface area (Å²) < 4.78 is 9.97. The van der Waals surface area contributed by atoms with Gasteiger partial charge in [0, 0.05) is 19.6 Å². The van der Waals surface area contributed by atoms with Gasteiger partial charge in [-0.25, -0.2) is 4.79 Å². The molecule has 0 saturated carbocycles. The highest BCUT2D eigenvalue weighted by Gasteiger charge is 2.31. The number of hydrogen-bond acceptors (Lipinski definition) is 5. The molecule has 1 aliphatic heterocycles. The fraction of sp³-hybridized carbons (Fsp3) is 0.857. The summed E-state index contributed by atoms with van der Waals surface area (Å²) in [5, 5.41) is 3.15. The first-order chi connectivity index (χ1) is 9.33. The van der Waals surface area contributed by atoms with Crippen LogP contribution < -0.4 is 5.32 Å². The van der Waals surface area contributed by atoms with Crippen molar-refractivity contribution in [2.75, 3.05) is 26.7 Å². The van der Waals surface area contributed by atoms with E-state index in [2.05, 4.69) is 10.1 Å². The van der Waals surface area contributed by atoms with Gasteiger partial charge in [0.15, 0.2) is 0 Å². The molecule has 1 amide bonds. The van der Waals surface area contributed by atoms with Crippen LogP contribution in [0.25, 0.3) is 0 Å².